The van der Waals surface area contributed by atoms with Gasteiger partial charge >= 0.3 is 0 Å². The normalized spacial score (nSPS) is 27.2. The molecular weight excluding hydrogens is 222 g/mol. The average molecular weight is 241 g/mol. The summed E-state index contributed by atoms with van der Waals surface area (Å²) in [5.41, 5.74) is -0.666. The fourth-order valence-electron chi connectivity index (χ4n) is 1.87. The van der Waals surface area contributed by atoms with Gasteiger partial charge in [-0.25, -0.2) is 0 Å². The number of hydrogen-bond acceptors (Lipinski definition) is 4. The predicted octanol–water partition coefficient (Wildman–Crippen LogP) is 1.86. The molecule has 0 bridgehead atoms. The average Bonchev–Trinajstić information content (AvgIpc) is 2.85. The first-order valence-corrected chi connectivity index (χ1v) is 6.51. The van der Waals surface area contributed by atoms with Crippen molar-refractivity contribution in [2.45, 2.75) is 31.9 Å². The summed E-state index contributed by atoms with van der Waals surface area (Å²) in [6, 6.07) is 4.57. The van der Waals surface area contributed by atoms with Crippen LogP contribution in [0.25, 0.3) is 0 Å². The van der Waals surface area contributed by atoms with Gasteiger partial charge in [-0.2, -0.15) is 0 Å². The van der Waals surface area contributed by atoms with Crippen molar-refractivity contribution in [1.29, 1.82) is 0 Å². The number of nitrogens with one attached hydrogen (secondary N) is 1. The van der Waals surface area contributed by atoms with Gasteiger partial charge in [0.05, 0.1) is 6.61 Å². The van der Waals surface area contributed by atoms with E-state index in [0.717, 1.165) is 6.42 Å². The lowest BCUT2D eigenvalue weighted by Gasteiger charge is -2.23. The van der Waals surface area contributed by atoms with E-state index >= 15 is 0 Å². The highest BCUT2D eigenvalue weighted by atomic mass is 32.1. The smallest absolute Gasteiger partial charge is 0.103 e. The Bertz CT molecular complexity index is 345. The summed E-state index contributed by atoms with van der Waals surface area (Å²) in [6.45, 7) is 5.97. The molecule has 0 radical (unpaired) electrons. The Hall–Kier alpha value is -0.420. The van der Waals surface area contributed by atoms with Crippen LogP contribution in [-0.4, -0.2) is 30.5 Å². The molecule has 1 fully saturated rings. The molecule has 1 aromatic rings. The zero-order valence-corrected chi connectivity index (χ0v) is 10.6. The largest absolute Gasteiger partial charge is 0.386 e. The van der Waals surface area contributed by atoms with Gasteiger partial charge in [0.1, 0.15) is 5.60 Å². The highest BCUT2D eigenvalue weighted by Gasteiger charge is 2.32. The standard InChI is InChI=1S/C12H19NO2S/c1-9-3-4-11(16-9)10(2)13-7-12(14)5-6-15-8-12/h3-4,10,13-14H,5-8H2,1-2H3/t10-,12-/m1/s1. The highest BCUT2D eigenvalue weighted by molar-refractivity contribution is 7.12. The molecule has 4 heteroatoms. The summed E-state index contributed by atoms with van der Waals surface area (Å²) in [4.78, 5) is 2.64. The van der Waals surface area contributed by atoms with Crippen LogP contribution in [0.3, 0.4) is 0 Å². The lowest BCUT2D eigenvalue weighted by atomic mass is 10.0. The minimum absolute atomic E-state index is 0.295. The Balaban J connectivity index is 1.86. The van der Waals surface area contributed by atoms with Crippen LogP contribution in [0.5, 0.6) is 0 Å². The summed E-state index contributed by atoms with van der Waals surface area (Å²) < 4.78 is 5.21. The van der Waals surface area contributed by atoms with Crippen molar-refractivity contribution in [3.8, 4) is 0 Å². The molecule has 2 atom stereocenters. The van der Waals surface area contributed by atoms with E-state index in [1.165, 1.54) is 9.75 Å². The molecule has 16 heavy (non-hydrogen) atoms. The minimum atomic E-state index is -0.666. The Morgan fingerprint density at radius 2 is 2.44 bits per heavy atom. The SMILES string of the molecule is Cc1ccc([C@@H](C)NC[C@]2(O)CCOC2)s1. The molecular formula is C12H19NO2S. The second kappa shape index (κ2) is 4.84. The van der Waals surface area contributed by atoms with Gasteiger partial charge in [-0.05, 0) is 26.0 Å². The molecule has 2 rings (SSSR count). The predicted molar refractivity (Wildman–Crippen MR) is 65.9 cm³/mol. The molecule has 1 saturated heterocycles. The number of thiophene rings is 1. The molecule has 3 nitrogen and oxygen atoms in total. The molecule has 2 N–H and O–H groups in total. The van der Waals surface area contributed by atoms with Gasteiger partial charge in [-0.1, -0.05) is 0 Å². The summed E-state index contributed by atoms with van der Waals surface area (Å²) in [5.74, 6) is 0. The Morgan fingerprint density at radius 3 is 3.00 bits per heavy atom. The Morgan fingerprint density at radius 1 is 1.62 bits per heavy atom. The van der Waals surface area contributed by atoms with Crippen molar-refractivity contribution in [3.05, 3.63) is 21.9 Å². The first kappa shape index (κ1) is 12.0. The molecule has 0 spiro atoms. The van der Waals surface area contributed by atoms with Crippen LogP contribution in [0, 0.1) is 6.92 Å². The van der Waals surface area contributed by atoms with Gasteiger partial charge in [0.25, 0.3) is 0 Å². The van der Waals surface area contributed by atoms with Crippen LogP contribution in [0.2, 0.25) is 0 Å². The molecule has 0 amide bonds. The van der Waals surface area contributed by atoms with Crippen molar-refractivity contribution in [2.75, 3.05) is 19.8 Å². The summed E-state index contributed by atoms with van der Waals surface area (Å²) in [5, 5.41) is 13.5. The maximum atomic E-state index is 10.1. The molecule has 0 saturated carbocycles. The zero-order valence-electron chi connectivity index (χ0n) is 9.82. The lowest BCUT2D eigenvalue weighted by molar-refractivity contribution is 0.0252. The van der Waals surface area contributed by atoms with Crippen LogP contribution in [0.1, 0.15) is 29.1 Å². The van der Waals surface area contributed by atoms with Crippen molar-refractivity contribution in [1.82, 2.24) is 5.32 Å². The first-order valence-electron chi connectivity index (χ1n) is 5.69. The van der Waals surface area contributed by atoms with Crippen molar-refractivity contribution in [3.63, 3.8) is 0 Å². The van der Waals surface area contributed by atoms with Crippen molar-refractivity contribution >= 4 is 11.3 Å². The molecule has 1 aromatic heterocycles. The number of aliphatic hydroxyl groups is 1. The van der Waals surface area contributed by atoms with E-state index in [4.69, 9.17) is 4.74 Å². The maximum absolute atomic E-state index is 10.1. The monoisotopic (exact) mass is 241 g/mol. The van der Waals surface area contributed by atoms with Crippen LogP contribution in [-0.2, 0) is 4.74 Å². The van der Waals surface area contributed by atoms with Crippen molar-refractivity contribution in [2.24, 2.45) is 0 Å². The molecule has 1 aliphatic heterocycles. The van der Waals surface area contributed by atoms with E-state index in [0.29, 0.717) is 25.8 Å². The molecule has 0 aliphatic carbocycles. The number of rotatable bonds is 4. The van der Waals surface area contributed by atoms with Crippen LogP contribution >= 0.6 is 11.3 Å². The molecule has 90 valence electrons. The quantitative estimate of drug-likeness (QED) is 0.845. The van der Waals surface area contributed by atoms with E-state index in [1.807, 2.05) is 0 Å². The third-order valence-electron chi connectivity index (χ3n) is 3.01. The number of ether oxygens (including phenoxy) is 1. The molecule has 0 unspecified atom stereocenters. The topological polar surface area (TPSA) is 41.5 Å². The van der Waals surface area contributed by atoms with E-state index in [-0.39, 0.29) is 0 Å². The first-order chi connectivity index (χ1) is 7.59. The fourth-order valence-corrected chi connectivity index (χ4v) is 2.77. The van der Waals surface area contributed by atoms with Crippen LogP contribution in [0.4, 0.5) is 0 Å². The fraction of sp³-hybridized carbons (Fsp3) is 0.667. The van der Waals surface area contributed by atoms with Gasteiger partial charge in [0, 0.05) is 35.4 Å². The summed E-state index contributed by atoms with van der Waals surface area (Å²) in [7, 11) is 0. The third-order valence-corrected chi connectivity index (χ3v) is 4.19. The molecule has 0 aromatic carbocycles. The molecule has 1 aliphatic rings. The zero-order chi connectivity index (χ0) is 11.6. The highest BCUT2D eigenvalue weighted by Crippen LogP contribution is 2.24. The lowest BCUT2D eigenvalue weighted by Crippen LogP contribution is -2.41. The molecule has 2 heterocycles. The summed E-state index contributed by atoms with van der Waals surface area (Å²) in [6.07, 6.45) is 0.732. The van der Waals surface area contributed by atoms with Gasteiger partial charge in [0.2, 0.25) is 0 Å². The van der Waals surface area contributed by atoms with Gasteiger partial charge in [-0.15, -0.1) is 11.3 Å². The van der Waals surface area contributed by atoms with E-state index < -0.39 is 5.60 Å². The maximum Gasteiger partial charge on any atom is 0.103 e. The second-order valence-electron chi connectivity index (χ2n) is 4.58. The van der Waals surface area contributed by atoms with Crippen molar-refractivity contribution < 1.29 is 9.84 Å². The Labute approximate surface area is 100 Å². The summed E-state index contributed by atoms with van der Waals surface area (Å²) >= 11 is 1.80. The number of hydrogen-bond donors (Lipinski definition) is 2. The van der Waals surface area contributed by atoms with Gasteiger partial charge in [-0.3, -0.25) is 0 Å². The minimum Gasteiger partial charge on any atom is -0.386 e. The van der Waals surface area contributed by atoms with Crippen LogP contribution < -0.4 is 5.32 Å². The Kier molecular flexibility index (Phi) is 3.64. The third kappa shape index (κ3) is 2.83. The van der Waals surface area contributed by atoms with Crippen LogP contribution in [0.15, 0.2) is 12.1 Å². The van der Waals surface area contributed by atoms with E-state index in [2.05, 4.69) is 31.3 Å². The van der Waals surface area contributed by atoms with E-state index in [9.17, 15) is 5.11 Å². The number of aryl methyl sites for hydroxylation is 1. The van der Waals surface area contributed by atoms with Gasteiger partial charge in [0.15, 0.2) is 0 Å². The second-order valence-corrected chi connectivity index (χ2v) is 5.90. The van der Waals surface area contributed by atoms with Gasteiger partial charge < -0.3 is 15.2 Å². The van der Waals surface area contributed by atoms with E-state index in [1.54, 1.807) is 11.3 Å².